The predicted molar refractivity (Wildman–Crippen MR) is 101 cm³/mol. The molecule has 1 aliphatic rings. The molecule has 1 aromatic carbocycles. The monoisotopic (exact) mass is 404 g/mol. The average molecular weight is 405 g/mol. The minimum atomic E-state index is -3.69. The van der Waals surface area contributed by atoms with Crippen molar-refractivity contribution < 1.29 is 8.42 Å². The lowest BCUT2D eigenvalue weighted by molar-refractivity contribution is 0.271. The lowest BCUT2D eigenvalue weighted by atomic mass is 10.1. The summed E-state index contributed by atoms with van der Waals surface area (Å²) in [5.41, 5.74) is 0.804. The van der Waals surface area contributed by atoms with E-state index in [1.165, 1.54) is 4.31 Å². The normalized spacial score (nSPS) is 19.0. The van der Waals surface area contributed by atoms with Gasteiger partial charge in [-0.2, -0.15) is 4.31 Å². The Kier molecular flexibility index (Phi) is 6.51. The van der Waals surface area contributed by atoms with Gasteiger partial charge in [0.15, 0.2) is 5.03 Å². The highest BCUT2D eigenvalue weighted by Gasteiger charge is 2.36. The highest BCUT2D eigenvalue weighted by molar-refractivity contribution is 7.89. The van der Waals surface area contributed by atoms with Gasteiger partial charge in [-0.15, -0.1) is 12.4 Å². The Morgan fingerprint density at radius 1 is 1.32 bits per heavy atom. The number of hydrogen-bond donors (Lipinski definition) is 1. The number of nitrogens with zero attached hydrogens (tertiary/aromatic N) is 3. The molecule has 6 nitrogen and oxygen atoms in total. The maximum absolute atomic E-state index is 13.1. The number of aromatic nitrogens is 2. The standard InChI is InChI=1S/C16H21ClN4O2S.ClH/c1-12(2)20-10-16(19-11-20)24(22,23)21-8-7-18-9-15(21)13-5-3-4-6-14(13)17;/h3-6,10-12,15,18H,7-9H2,1-2H3;1H. The number of benzene rings is 1. The first-order chi connectivity index (χ1) is 11.4. The van der Waals surface area contributed by atoms with Crippen molar-refractivity contribution in [3.05, 3.63) is 47.4 Å². The molecule has 0 radical (unpaired) electrons. The van der Waals surface area contributed by atoms with Crippen LogP contribution in [0.1, 0.15) is 31.5 Å². The smallest absolute Gasteiger partial charge is 0.262 e. The summed E-state index contributed by atoms with van der Waals surface area (Å²) in [4.78, 5) is 4.11. The highest BCUT2D eigenvalue weighted by atomic mass is 35.5. The van der Waals surface area contributed by atoms with E-state index >= 15 is 0 Å². The van der Waals surface area contributed by atoms with Crippen LogP contribution in [0.25, 0.3) is 0 Å². The van der Waals surface area contributed by atoms with Crippen molar-refractivity contribution in [2.75, 3.05) is 19.6 Å². The number of rotatable bonds is 4. The maximum atomic E-state index is 13.1. The molecule has 0 saturated carbocycles. The van der Waals surface area contributed by atoms with Crippen LogP contribution in [0.4, 0.5) is 0 Å². The molecule has 1 aromatic heterocycles. The molecule has 0 bridgehead atoms. The molecule has 1 saturated heterocycles. The summed E-state index contributed by atoms with van der Waals surface area (Å²) in [6.07, 6.45) is 3.15. The fourth-order valence-corrected chi connectivity index (χ4v) is 4.63. The van der Waals surface area contributed by atoms with Gasteiger partial charge in [0.25, 0.3) is 10.0 Å². The Morgan fingerprint density at radius 3 is 2.68 bits per heavy atom. The predicted octanol–water partition coefficient (Wildman–Crippen LogP) is 2.87. The molecule has 1 N–H and O–H groups in total. The quantitative estimate of drug-likeness (QED) is 0.850. The summed E-state index contributed by atoms with van der Waals surface area (Å²) in [6.45, 7) is 5.47. The number of nitrogens with one attached hydrogen (secondary N) is 1. The Bertz CT molecular complexity index is 823. The summed E-state index contributed by atoms with van der Waals surface area (Å²) >= 11 is 6.30. The van der Waals surface area contributed by atoms with Gasteiger partial charge in [-0.25, -0.2) is 13.4 Å². The van der Waals surface area contributed by atoms with Gasteiger partial charge in [0.1, 0.15) is 0 Å². The van der Waals surface area contributed by atoms with E-state index in [4.69, 9.17) is 11.6 Å². The summed E-state index contributed by atoms with van der Waals surface area (Å²) in [6, 6.07) is 7.17. The zero-order chi connectivity index (χ0) is 17.3. The number of hydrogen-bond acceptors (Lipinski definition) is 4. The summed E-state index contributed by atoms with van der Waals surface area (Å²) in [5, 5.41) is 3.89. The first-order valence-electron chi connectivity index (χ1n) is 7.91. The van der Waals surface area contributed by atoms with E-state index in [0.717, 1.165) is 5.56 Å². The number of imidazole rings is 1. The maximum Gasteiger partial charge on any atom is 0.262 e. The average Bonchev–Trinajstić information content (AvgIpc) is 3.06. The van der Waals surface area contributed by atoms with Crippen LogP contribution < -0.4 is 5.32 Å². The van der Waals surface area contributed by atoms with Gasteiger partial charge < -0.3 is 9.88 Å². The third kappa shape index (κ3) is 4.01. The van der Waals surface area contributed by atoms with Gasteiger partial charge in [0.05, 0.1) is 12.4 Å². The minimum Gasteiger partial charge on any atom is -0.334 e. The number of sulfonamides is 1. The van der Waals surface area contributed by atoms with Crippen molar-refractivity contribution in [1.82, 2.24) is 19.2 Å². The van der Waals surface area contributed by atoms with Gasteiger partial charge in [-0.3, -0.25) is 0 Å². The molecule has 1 atom stereocenters. The van der Waals surface area contributed by atoms with Crippen LogP contribution in [-0.2, 0) is 10.0 Å². The molecule has 138 valence electrons. The largest absolute Gasteiger partial charge is 0.334 e. The van der Waals surface area contributed by atoms with Crippen molar-refractivity contribution >= 4 is 34.0 Å². The molecule has 2 aromatic rings. The van der Waals surface area contributed by atoms with Gasteiger partial charge in [-0.05, 0) is 25.5 Å². The van der Waals surface area contributed by atoms with Crippen LogP contribution in [0, 0.1) is 0 Å². The van der Waals surface area contributed by atoms with E-state index < -0.39 is 10.0 Å². The van der Waals surface area contributed by atoms with Crippen LogP contribution in [0.3, 0.4) is 0 Å². The third-order valence-corrected chi connectivity index (χ3v) is 6.34. The van der Waals surface area contributed by atoms with E-state index in [9.17, 15) is 8.42 Å². The van der Waals surface area contributed by atoms with Crippen LogP contribution in [-0.4, -0.2) is 41.9 Å². The molecule has 0 spiro atoms. The van der Waals surface area contributed by atoms with Crippen molar-refractivity contribution in [2.45, 2.75) is 31.0 Å². The highest BCUT2D eigenvalue weighted by Crippen LogP contribution is 2.32. The Morgan fingerprint density at radius 2 is 2.04 bits per heavy atom. The molecular formula is C16H22Cl2N4O2S. The van der Waals surface area contributed by atoms with Gasteiger partial charge >= 0.3 is 0 Å². The molecular weight excluding hydrogens is 383 g/mol. The third-order valence-electron chi connectivity index (χ3n) is 4.21. The van der Waals surface area contributed by atoms with E-state index in [0.29, 0.717) is 24.7 Å². The molecule has 0 aliphatic carbocycles. The Hall–Kier alpha value is -1.12. The fourth-order valence-electron chi connectivity index (χ4n) is 2.84. The molecule has 1 aliphatic heterocycles. The molecule has 9 heteroatoms. The molecule has 3 rings (SSSR count). The van der Waals surface area contributed by atoms with Crippen molar-refractivity contribution in [2.24, 2.45) is 0 Å². The summed E-state index contributed by atoms with van der Waals surface area (Å²) in [5.74, 6) is 0. The molecule has 0 amide bonds. The van der Waals surface area contributed by atoms with Crippen molar-refractivity contribution in [3.8, 4) is 0 Å². The molecule has 1 unspecified atom stereocenters. The summed E-state index contributed by atoms with van der Waals surface area (Å²) in [7, 11) is -3.69. The van der Waals surface area contributed by atoms with Gasteiger partial charge in [-0.1, -0.05) is 29.8 Å². The van der Waals surface area contributed by atoms with E-state index in [2.05, 4.69) is 10.3 Å². The minimum absolute atomic E-state index is 0. The topological polar surface area (TPSA) is 67.2 Å². The Labute approximate surface area is 159 Å². The van der Waals surface area contributed by atoms with Crippen LogP contribution >= 0.6 is 24.0 Å². The van der Waals surface area contributed by atoms with E-state index in [1.54, 1.807) is 23.2 Å². The lowest BCUT2D eigenvalue weighted by Crippen LogP contribution is -2.48. The van der Waals surface area contributed by atoms with Crippen LogP contribution in [0.2, 0.25) is 5.02 Å². The molecule has 1 fully saturated rings. The first kappa shape index (κ1) is 20.2. The van der Waals surface area contributed by atoms with Gasteiger partial charge in [0, 0.05) is 36.9 Å². The van der Waals surface area contributed by atoms with Crippen LogP contribution in [0.15, 0.2) is 41.8 Å². The SMILES string of the molecule is CC(C)n1cnc(S(=O)(=O)N2CCNCC2c2ccccc2Cl)c1.Cl. The molecule has 2 heterocycles. The number of piperazine rings is 1. The second-order valence-electron chi connectivity index (χ2n) is 6.11. The second-order valence-corrected chi connectivity index (χ2v) is 8.35. The number of halogens is 2. The van der Waals surface area contributed by atoms with E-state index in [1.807, 2.05) is 32.0 Å². The van der Waals surface area contributed by atoms with E-state index in [-0.39, 0.29) is 29.5 Å². The second kappa shape index (κ2) is 8.05. The van der Waals surface area contributed by atoms with Crippen molar-refractivity contribution in [1.29, 1.82) is 0 Å². The fraction of sp³-hybridized carbons (Fsp3) is 0.438. The summed E-state index contributed by atoms with van der Waals surface area (Å²) < 4.78 is 29.5. The lowest BCUT2D eigenvalue weighted by Gasteiger charge is -2.35. The first-order valence-corrected chi connectivity index (χ1v) is 9.73. The van der Waals surface area contributed by atoms with Crippen molar-refractivity contribution in [3.63, 3.8) is 0 Å². The Balaban J connectivity index is 0.00000225. The van der Waals surface area contributed by atoms with Crippen LogP contribution in [0.5, 0.6) is 0 Å². The molecule has 25 heavy (non-hydrogen) atoms. The zero-order valence-corrected chi connectivity index (χ0v) is 16.5. The zero-order valence-electron chi connectivity index (χ0n) is 14.1. The van der Waals surface area contributed by atoms with Gasteiger partial charge in [0.2, 0.25) is 0 Å².